The maximum atomic E-state index is 13.9. The van der Waals surface area contributed by atoms with Crippen LogP contribution in [0.4, 0.5) is 5.82 Å². The fraction of sp³-hybridized carbons (Fsp3) is 0.500. The van der Waals surface area contributed by atoms with E-state index in [1.165, 1.54) is 25.7 Å². The molecule has 1 aliphatic carbocycles. The molecule has 0 spiro atoms. The summed E-state index contributed by atoms with van der Waals surface area (Å²) in [6.07, 6.45) is 8.29. The fourth-order valence-electron chi connectivity index (χ4n) is 6.12. The predicted molar refractivity (Wildman–Crippen MR) is 144 cm³/mol. The molecule has 2 aliphatic heterocycles. The number of hydrogen-bond acceptors (Lipinski definition) is 6. The maximum Gasteiger partial charge on any atom is 0.318 e. The predicted octanol–water partition coefficient (Wildman–Crippen LogP) is 5.75. The van der Waals surface area contributed by atoms with Crippen molar-refractivity contribution in [2.75, 3.05) is 24.6 Å². The maximum absolute atomic E-state index is 13.9. The van der Waals surface area contributed by atoms with E-state index in [1.54, 1.807) is 12.1 Å². The second kappa shape index (κ2) is 9.51. The van der Waals surface area contributed by atoms with Crippen molar-refractivity contribution in [3.63, 3.8) is 0 Å². The lowest BCUT2D eigenvalue weighted by Gasteiger charge is -2.29. The van der Waals surface area contributed by atoms with E-state index < -0.39 is 0 Å². The number of carbonyl (C=O) groups is 1. The molecular formula is C30H36N4O3. The third-order valence-electron chi connectivity index (χ3n) is 8.33. The summed E-state index contributed by atoms with van der Waals surface area (Å²) < 4.78 is 6.23. The molecule has 1 saturated heterocycles. The van der Waals surface area contributed by atoms with Crippen LogP contribution >= 0.6 is 0 Å². The van der Waals surface area contributed by atoms with E-state index >= 15 is 0 Å². The molecule has 7 heteroatoms. The summed E-state index contributed by atoms with van der Waals surface area (Å²) in [5.41, 5.74) is 3.74. The van der Waals surface area contributed by atoms with Gasteiger partial charge in [-0.25, -0.2) is 0 Å². The number of amides is 1. The summed E-state index contributed by atoms with van der Waals surface area (Å²) in [7, 11) is 0. The van der Waals surface area contributed by atoms with Crippen LogP contribution in [0.15, 0.2) is 30.3 Å². The number of piperidine rings is 1. The van der Waals surface area contributed by atoms with Crippen LogP contribution in [-0.4, -0.2) is 45.6 Å². The summed E-state index contributed by atoms with van der Waals surface area (Å²) in [5.74, 6) is 0.927. The Labute approximate surface area is 218 Å². The lowest BCUT2D eigenvalue weighted by molar-refractivity contribution is 0.0752. The lowest BCUT2D eigenvalue weighted by Crippen LogP contribution is -2.32. The Morgan fingerprint density at radius 3 is 2.68 bits per heavy atom. The Morgan fingerprint density at radius 1 is 1.11 bits per heavy atom. The van der Waals surface area contributed by atoms with Crippen LogP contribution < -0.4 is 9.64 Å². The first-order valence-electron chi connectivity index (χ1n) is 13.8. The number of aryl methyl sites for hydroxylation is 1. The van der Waals surface area contributed by atoms with Crippen LogP contribution in [0.25, 0.3) is 10.8 Å². The lowest BCUT2D eigenvalue weighted by atomic mass is 9.98. The summed E-state index contributed by atoms with van der Waals surface area (Å²) >= 11 is 0. The van der Waals surface area contributed by atoms with Crippen LogP contribution in [0, 0.1) is 12.3 Å². The van der Waals surface area contributed by atoms with Crippen molar-refractivity contribution in [3.05, 3.63) is 52.7 Å². The average Bonchev–Trinajstić information content (AvgIpc) is 3.53. The number of phenolic OH excluding ortho intramolecular Hbond substituents is 1. The normalized spacial score (nSPS) is 18.2. The van der Waals surface area contributed by atoms with E-state index in [1.807, 2.05) is 30.0 Å². The van der Waals surface area contributed by atoms with E-state index in [-0.39, 0.29) is 11.7 Å². The number of fused-ring (bicyclic) bond motifs is 2. The Balaban J connectivity index is 1.32. The standard InChI is InChI=1S/C30H36N4O3/c1-3-10-30(11-12-30)19-37-29-31-25-18-34(17-24(25)27(32-29)33-13-5-4-6-14-33)28(36)23-16-22(35)15-21-9-7-8-20(2)26(21)23/h7-9,15-16,35H,3-6,10-14,17-19H2,1-2H3. The van der Waals surface area contributed by atoms with Gasteiger partial charge in [0.05, 0.1) is 31.0 Å². The first-order chi connectivity index (χ1) is 18.0. The molecular weight excluding hydrogens is 464 g/mol. The topological polar surface area (TPSA) is 78.8 Å². The largest absolute Gasteiger partial charge is 0.508 e. The fourth-order valence-corrected chi connectivity index (χ4v) is 6.12. The second-order valence-electron chi connectivity index (χ2n) is 11.2. The molecule has 6 rings (SSSR count). The number of aromatic hydroxyl groups is 1. The SMILES string of the molecule is CCCC1(COc2nc3c(c(N4CCCCC4)n2)CN(C(=O)c2cc(O)cc4cccc(C)c24)C3)CC1. The number of hydrogen-bond donors (Lipinski definition) is 1. The van der Waals surface area contributed by atoms with Gasteiger partial charge in [0.1, 0.15) is 11.6 Å². The Morgan fingerprint density at radius 2 is 1.92 bits per heavy atom. The van der Waals surface area contributed by atoms with E-state index in [9.17, 15) is 9.90 Å². The van der Waals surface area contributed by atoms with Crippen molar-refractivity contribution in [2.24, 2.45) is 5.41 Å². The molecule has 2 fully saturated rings. The number of carbonyl (C=O) groups excluding carboxylic acids is 1. The number of phenols is 1. The van der Waals surface area contributed by atoms with Crippen LogP contribution in [0.5, 0.6) is 11.8 Å². The third kappa shape index (κ3) is 4.60. The Hall–Kier alpha value is -3.35. The zero-order valence-corrected chi connectivity index (χ0v) is 21.9. The molecule has 194 valence electrons. The molecule has 0 unspecified atom stereocenters. The van der Waals surface area contributed by atoms with Crippen molar-refractivity contribution < 1.29 is 14.6 Å². The zero-order valence-electron chi connectivity index (χ0n) is 21.9. The first kappa shape index (κ1) is 24.0. The van der Waals surface area contributed by atoms with E-state index in [0.29, 0.717) is 36.7 Å². The molecule has 2 aromatic carbocycles. The van der Waals surface area contributed by atoms with Gasteiger partial charge >= 0.3 is 6.01 Å². The molecule has 1 amide bonds. The van der Waals surface area contributed by atoms with Crippen LogP contribution in [-0.2, 0) is 13.1 Å². The van der Waals surface area contributed by atoms with Gasteiger partial charge < -0.3 is 19.6 Å². The highest BCUT2D eigenvalue weighted by molar-refractivity contribution is 6.09. The zero-order chi connectivity index (χ0) is 25.6. The minimum atomic E-state index is -0.0971. The van der Waals surface area contributed by atoms with Crippen LogP contribution in [0.2, 0.25) is 0 Å². The van der Waals surface area contributed by atoms with Gasteiger partial charge in [-0.05, 0) is 73.9 Å². The van der Waals surface area contributed by atoms with Crippen molar-refractivity contribution in [1.82, 2.24) is 14.9 Å². The van der Waals surface area contributed by atoms with Gasteiger partial charge in [0.25, 0.3) is 5.91 Å². The second-order valence-corrected chi connectivity index (χ2v) is 11.2. The van der Waals surface area contributed by atoms with Crippen LogP contribution in [0.3, 0.4) is 0 Å². The minimum absolute atomic E-state index is 0.0971. The summed E-state index contributed by atoms with van der Waals surface area (Å²) in [4.78, 5) is 27.8. The van der Waals surface area contributed by atoms with Crippen molar-refractivity contribution in [2.45, 2.75) is 71.9 Å². The monoisotopic (exact) mass is 500 g/mol. The first-order valence-corrected chi connectivity index (χ1v) is 13.8. The average molecular weight is 501 g/mol. The summed E-state index contributed by atoms with van der Waals surface area (Å²) in [5, 5.41) is 12.1. The molecule has 0 bridgehead atoms. The molecule has 1 N–H and O–H groups in total. The number of benzene rings is 2. The number of anilines is 1. The highest BCUT2D eigenvalue weighted by Crippen LogP contribution is 2.49. The Kier molecular flexibility index (Phi) is 6.17. The number of nitrogens with zero attached hydrogens (tertiary/aromatic N) is 4. The van der Waals surface area contributed by atoms with Gasteiger partial charge in [0.15, 0.2) is 0 Å². The molecule has 1 saturated carbocycles. The quantitative estimate of drug-likeness (QED) is 0.445. The minimum Gasteiger partial charge on any atom is -0.508 e. The smallest absolute Gasteiger partial charge is 0.318 e. The van der Waals surface area contributed by atoms with E-state index in [4.69, 9.17) is 14.7 Å². The van der Waals surface area contributed by atoms with Gasteiger partial charge in [0, 0.05) is 24.1 Å². The highest BCUT2D eigenvalue weighted by atomic mass is 16.5. The van der Waals surface area contributed by atoms with E-state index in [0.717, 1.165) is 65.8 Å². The van der Waals surface area contributed by atoms with Crippen LogP contribution in [0.1, 0.15) is 79.0 Å². The van der Waals surface area contributed by atoms with Gasteiger partial charge in [-0.3, -0.25) is 4.79 Å². The number of ether oxygens (including phenoxy) is 1. The third-order valence-corrected chi connectivity index (χ3v) is 8.33. The molecule has 3 aliphatic rings. The Bertz CT molecular complexity index is 1340. The van der Waals surface area contributed by atoms with Crippen molar-refractivity contribution in [1.29, 1.82) is 0 Å². The molecule has 3 aromatic rings. The molecule has 37 heavy (non-hydrogen) atoms. The molecule has 0 atom stereocenters. The number of aromatic nitrogens is 2. The van der Waals surface area contributed by atoms with Crippen molar-refractivity contribution >= 4 is 22.5 Å². The molecule has 7 nitrogen and oxygen atoms in total. The van der Waals surface area contributed by atoms with Gasteiger partial charge in [-0.1, -0.05) is 31.5 Å². The van der Waals surface area contributed by atoms with Gasteiger partial charge in [-0.15, -0.1) is 0 Å². The van der Waals surface area contributed by atoms with Gasteiger partial charge in [-0.2, -0.15) is 9.97 Å². The highest BCUT2D eigenvalue weighted by Gasteiger charge is 2.43. The molecule has 3 heterocycles. The summed E-state index contributed by atoms with van der Waals surface area (Å²) in [6, 6.07) is 9.64. The summed E-state index contributed by atoms with van der Waals surface area (Å²) in [6.45, 7) is 7.70. The number of rotatable bonds is 7. The van der Waals surface area contributed by atoms with Crippen molar-refractivity contribution in [3.8, 4) is 11.8 Å². The van der Waals surface area contributed by atoms with Gasteiger partial charge in [0.2, 0.25) is 0 Å². The molecule has 1 aromatic heterocycles. The molecule has 0 radical (unpaired) electrons. The van der Waals surface area contributed by atoms with E-state index in [2.05, 4.69) is 11.8 Å².